The van der Waals surface area contributed by atoms with Crippen LogP contribution in [0.15, 0.2) is 48.6 Å². The summed E-state index contributed by atoms with van der Waals surface area (Å²) in [5.74, 6) is -1.22. The number of carbonyl (C=O) groups excluding carboxylic acids is 4. The van der Waals surface area contributed by atoms with E-state index in [0.29, 0.717) is 49.7 Å². The molecule has 0 heterocycles. The number of benzene rings is 1. The lowest BCUT2D eigenvalue weighted by Crippen LogP contribution is -2.15. The van der Waals surface area contributed by atoms with Gasteiger partial charge in [0.05, 0.1) is 24.3 Å². The molecule has 0 spiro atoms. The molecule has 1 rings (SSSR count). The third-order valence-electron chi connectivity index (χ3n) is 4.38. The number of allylic oxidation sites excluding steroid dienone is 2. The third-order valence-corrected chi connectivity index (χ3v) is 4.38. The summed E-state index contributed by atoms with van der Waals surface area (Å²) in [6.45, 7) is 10.8. The maximum absolute atomic E-state index is 12.3. The van der Waals surface area contributed by atoms with E-state index in [1.165, 1.54) is 12.1 Å². The fourth-order valence-electron chi connectivity index (χ4n) is 2.53. The number of carbonyl (C=O) groups is 4. The number of hydrogen-bond donors (Lipinski definition) is 0. The van der Waals surface area contributed by atoms with E-state index < -0.39 is 11.9 Å². The minimum atomic E-state index is -0.610. The highest BCUT2D eigenvalue weighted by atomic mass is 16.5. The Hall–Kier alpha value is -3.02. The number of ketones is 2. The first-order chi connectivity index (χ1) is 14.2. The van der Waals surface area contributed by atoms with E-state index >= 15 is 0 Å². The number of unbranched alkanes of at least 4 members (excludes halogenated alkanes) is 2. The smallest absolute Gasteiger partial charge is 0.339 e. The van der Waals surface area contributed by atoms with E-state index in [1.807, 2.05) is 0 Å². The van der Waals surface area contributed by atoms with Crippen molar-refractivity contribution in [2.24, 2.45) is 0 Å². The zero-order valence-corrected chi connectivity index (χ0v) is 17.8. The van der Waals surface area contributed by atoms with Crippen LogP contribution in [0.25, 0.3) is 0 Å². The summed E-state index contributed by atoms with van der Waals surface area (Å²) in [4.78, 5) is 47.7. The number of ether oxygens (including phenoxy) is 2. The summed E-state index contributed by atoms with van der Waals surface area (Å²) in [5.41, 5.74) is 1.31. The zero-order chi connectivity index (χ0) is 22.5. The van der Waals surface area contributed by atoms with Gasteiger partial charge in [0.2, 0.25) is 0 Å². The molecule has 6 nitrogen and oxygen atoms in total. The van der Waals surface area contributed by atoms with Crippen LogP contribution >= 0.6 is 0 Å². The second-order valence-corrected chi connectivity index (χ2v) is 7.14. The molecular weight excluding hydrogens is 384 g/mol. The van der Waals surface area contributed by atoms with Crippen LogP contribution in [-0.4, -0.2) is 36.7 Å². The fraction of sp³-hybridized carbons (Fsp3) is 0.417. The van der Waals surface area contributed by atoms with E-state index in [2.05, 4.69) is 13.2 Å². The van der Waals surface area contributed by atoms with Crippen LogP contribution in [0.4, 0.5) is 0 Å². The first kappa shape index (κ1) is 25.0. The molecule has 0 aromatic heterocycles. The van der Waals surface area contributed by atoms with Gasteiger partial charge in [0, 0.05) is 12.8 Å². The van der Waals surface area contributed by atoms with Crippen molar-refractivity contribution in [3.05, 3.63) is 59.7 Å². The standard InChI is InChI=1S/C24H30O6/c1-17(2)21(25)13-7-9-15-29-23(27)19-11-5-6-12-20(19)24(28)30-16-10-8-14-22(26)18(3)4/h5-6,11-12H,1,3,7-10,13-16H2,2,4H3. The summed E-state index contributed by atoms with van der Waals surface area (Å²) in [6, 6.07) is 6.30. The molecule has 0 amide bonds. The normalized spacial score (nSPS) is 10.2. The molecule has 0 aliphatic rings. The van der Waals surface area contributed by atoms with Crippen LogP contribution in [0.2, 0.25) is 0 Å². The van der Waals surface area contributed by atoms with Crippen LogP contribution < -0.4 is 0 Å². The molecule has 30 heavy (non-hydrogen) atoms. The molecule has 0 fully saturated rings. The molecule has 0 saturated carbocycles. The predicted molar refractivity (Wildman–Crippen MR) is 114 cm³/mol. The minimum absolute atomic E-state index is 0.00147. The predicted octanol–water partition coefficient (Wildman–Crippen LogP) is 4.63. The van der Waals surface area contributed by atoms with Gasteiger partial charge in [-0.2, -0.15) is 0 Å². The Morgan fingerprint density at radius 2 is 1.07 bits per heavy atom. The third kappa shape index (κ3) is 8.99. The van der Waals surface area contributed by atoms with Crippen LogP contribution in [0.3, 0.4) is 0 Å². The number of esters is 2. The van der Waals surface area contributed by atoms with Crippen molar-refractivity contribution in [3.8, 4) is 0 Å². The molecule has 0 unspecified atom stereocenters. The fourth-order valence-corrected chi connectivity index (χ4v) is 2.53. The highest BCUT2D eigenvalue weighted by molar-refractivity contribution is 6.03. The average Bonchev–Trinajstić information content (AvgIpc) is 2.72. The van der Waals surface area contributed by atoms with E-state index in [9.17, 15) is 19.2 Å². The summed E-state index contributed by atoms with van der Waals surface area (Å²) in [6.07, 6.45) is 3.01. The number of hydrogen-bond acceptors (Lipinski definition) is 6. The Morgan fingerprint density at radius 3 is 1.40 bits per heavy atom. The van der Waals surface area contributed by atoms with Gasteiger partial charge in [0.1, 0.15) is 0 Å². The number of Topliss-reactive ketones (excluding diaryl/α,β-unsaturated/α-hetero) is 2. The molecule has 162 valence electrons. The summed E-state index contributed by atoms with van der Waals surface area (Å²) < 4.78 is 10.5. The van der Waals surface area contributed by atoms with E-state index in [0.717, 1.165) is 0 Å². The van der Waals surface area contributed by atoms with Crippen LogP contribution in [-0.2, 0) is 19.1 Å². The molecule has 0 aliphatic heterocycles. The first-order valence-corrected chi connectivity index (χ1v) is 10.0. The molecule has 0 saturated heterocycles. The minimum Gasteiger partial charge on any atom is -0.462 e. The molecule has 6 heteroatoms. The summed E-state index contributed by atoms with van der Waals surface area (Å²) in [5, 5.41) is 0. The summed E-state index contributed by atoms with van der Waals surface area (Å²) in [7, 11) is 0. The number of rotatable bonds is 14. The van der Waals surface area contributed by atoms with Gasteiger partial charge in [-0.15, -0.1) is 0 Å². The second-order valence-electron chi connectivity index (χ2n) is 7.14. The maximum Gasteiger partial charge on any atom is 0.339 e. The molecule has 0 radical (unpaired) electrons. The Morgan fingerprint density at radius 1 is 0.700 bits per heavy atom. The van der Waals surface area contributed by atoms with Crippen molar-refractivity contribution >= 4 is 23.5 Å². The molecule has 1 aromatic rings. The quantitative estimate of drug-likeness (QED) is 0.251. The van der Waals surface area contributed by atoms with Crippen LogP contribution in [0.1, 0.15) is 73.1 Å². The van der Waals surface area contributed by atoms with Crippen molar-refractivity contribution in [1.82, 2.24) is 0 Å². The highest BCUT2D eigenvalue weighted by Gasteiger charge is 2.19. The van der Waals surface area contributed by atoms with E-state index in [4.69, 9.17) is 9.47 Å². The molecule has 0 bridgehead atoms. The van der Waals surface area contributed by atoms with Gasteiger partial charge in [-0.1, -0.05) is 25.3 Å². The molecule has 0 N–H and O–H groups in total. The Balaban J connectivity index is 2.46. The van der Waals surface area contributed by atoms with Crippen LogP contribution in [0, 0.1) is 0 Å². The largest absolute Gasteiger partial charge is 0.462 e. The van der Waals surface area contributed by atoms with Gasteiger partial charge in [-0.05, 0) is 62.8 Å². The molecule has 1 aromatic carbocycles. The summed E-state index contributed by atoms with van der Waals surface area (Å²) >= 11 is 0. The molecular formula is C24H30O6. The Labute approximate surface area is 177 Å². The lowest BCUT2D eigenvalue weighted by Gasteiger charge is -2.10. The average molecular weight is 414 g/mol. The van der Waals surface area contributed by atoms with Crippen LogP contribution in [0.5, 0.6) is 0 Å². The Kier molecular flexibility index (Phi) is 11.0. The van der Waals surface area contributed by atoms with Crippen molar-refractivity contribution in [2.45, 2.75) is 52.4 Å². The first-order valence-electron chi connectivity index (χ1n) is 10.0. The van der Waals surface area contributed by atoms with Gasteiger partial charge in [-0.3, -0.25) is 9.59 Å². The van der Waals surface area contributed by atoms with Gasteiger partial charge in [0.25, 0.3) is 0 Å². The molecule has 0 atom stereocenters. The van der Waals surface area contributed by atoms with Crippen molar-refractivity contribution < 1.29 is 28.7 Å². The van der Waals surface area contributed by atoms with E-state index in [-0.39, 0.29) is 35.9 Å². The van der Waals surface area contributed by atoms with Gasteiger partial charge >= 0.3 is 11.9 Å². The molecule has 0 aliphatic carbocycles. The second kappa shape index (κ2) is 13.2. The Bertz CT molecular complexity index is 739. The highest BCUT2D eigenvalue weighted by Crippen LogP contribution is 2.13. The van der Waals surface area contributed by atoms with Crippen molar-refractivity contribution in [3.63, 3.8) is 0 Å². The van der Waals surface area contributed by atoms with Crippen molar-refractivity contribution in [2.75, 3.05) is 13.2 Å². The maximum atomic E-state index is 12.3. The SMILES string of the molecule is C=C(C)C(=O)CCCCOC(=O)c1ccccc1C(=O)OCCCCC(=O)C(=C)C. The lowest BCUT2D eigenvalue weighted by molar-refractivity contribution is -0.116. The van der Waals surface area contributed by atoms with E-state index in [1.54, 1.807) is 26.0 Å². The van der Waals surface area contributed by atoms with Gasteiger partial charge in [0.15, 0.2) is 11.6 Å². The van der Waals surface area contributed by atoms with Crippen molar-refractivity contribution in [1.29, 1.82) is 0 Å². The topological polar surface area (TPSA) is 86.7 Å². The van der Waals surface area contributed by atoms with Gasteiger partial charge in [-0.25, -0.2) is 9.59 Å². The zero-order valence-electron chi connectivity index (χ0n) is 17.8. The van der Waals surface area contributed by atoms with Gasteiger partial charge < -0.3 is 9.47 Å². The lowest BCUT2D eigenvalue weighted by atomic mass is 10.1. The monoisotopic (exact) mass is 414 g/mol.